The summed E-state index contributed by atoms with van der Waals surface area (Å²) in [6, 6.07) is 6.80. The monoisotopic (exact) mass is 391 g/mol. The molecule has 0 spiro atoms. The summed E-state index contributed by atoms with van der Waals surface area (Å²) in [5, 5.41) is 0. The van der Waals surface area contributed by atoms with Gasteiger partial charge in [-0.25, -0.2) is 8.42 Å². The normalized spacial score (nSPS) is 20.7. The van der Waals surface area contributed by atoms with Crippen LogP contribution in [-0.2, 0) is 14.8 Å². The molecule has 1 amide bonds. The van der Waals surface area contributed by atoms with Gasteiger partial charge in [-0.3, -0.25) is 4.79 Å². The Morgan fingerprint density at radius 3 is 2.07 bits per heavy atom. The Balaban J connectivity index is 1.63. The minimum Gasteiger partial charge on any atom is -0.337 e. The third-order valence-corrected chi connectivity index (χ3v) is 7.23. The largest absolute Gasteiger partial charge is 0.337 e. The fourth-order valence-electron chi connectivity index (χ4n) is 3.48. The van der Waals surface area contributed by atoms with Crippen molar-refractivity contribution >= 4 is 22.0 Å². The zero-order valence-electron chi connectivity index (χ0n) is 16.0. The lowest BCUT2D eigenvalue weighted by Crippen LogP contribution is -2.46. The number of rotatable bonds is 4. The molecule has 0 aliphatic carbocycles. The SMILES string of the molecule is CN1CCN(C(=O)/C=C/c2ccc(S(=O)(=O)N3CCCCCC3)cc2)CC1. The number of sulfonamides is 1. The Kier molecular flexibility index (Phi) is 6.68. The molecule has 2 aliphatic rings. The van der Waals surface area contributed by atoms with Gasteiger partial charge in [-0.05, 0) is 43.7 Å². The van der Waals surface area contributed by atoms with E-state index >= 15 is 0 Å². The van der Waals surface area contributed by atoms with Crippen LogP contribution in [0.1, 0.15) is 31.2 Å². The smallest absolute Gasteiger partial charge is 0.246 e. The highest BCUT2D eigenvalue weighted by Crippen LogP contribution is 2.21. The Hall–Kier alpha value is -1.70. The van der Waals surface area contributed by atoms with E-state index < -0.39 is 10.0 Å². The molecule has 0 unspecified atom stereocenters. The van der Waals surface area contributed by atoms with Crippen LogP contribution in [0.15, 0.2) is 35.2 Å². The second-order valence-corrected chi connectivity index (χ2v) is 9.29. The van der Waals surface area contributed by atoms with Gasteiger partial charge in [0.05, 0.1) is 4.90 Å². The van der Waals surface area contributed by atoms with E-state index in [1.807, 2.05) is 4.90 Å². The second kappa shape index (κ2) is 8.99. The molecule has 6 nitrogen and oxygen atoms in total. The maximum Gasteiger partial charge on any atom is 0.246 e. The van der Waals surface area contributed by atoms with Gasteiger partial charge in [-0.15, -0.1) is 0 Å². The number of likely N-dealkylation sites (N-methyl/N-ethyl adjacent to an activating group) is 1. The highest BCUT2D eigenvalue weighted by atomic mass is 32.2. The molecule has 0 N–H and O–H groups in total. The van der Waals surface area contributed by atoms with E-state index in [0.717, 1.165) is 57.4 Å². The van der Waals surface area contributed by atoms with Crippen molar-refractivity contribution in [3.05, 3.63) is 35.9 Å². The molecule has 0 saturated carbocycles. The molecular formula is C20H29N3O3S. The Morgan fingerprint density at radius 2 is 1.48 bits per heavy atom. The minimum absolute atomic E-state index is 0.00404. The molecule has 2 fully saturated rings. The molecule has 0 atom stereocenters. The summed E-state index contributed by atoms with van der Waals surface area (Å²) >= 11 is 0. The molecule has 2 aliphatic heterocycles. The van der Waals surface area contributed by atoms with Crippen LogP contribution < -0.4 is 0 Å². The number of amides is 1. The van der Waals surface area contributed by atoms with Crippen molar-refractivity contribution in [3.8, 4) is 0 Å². The van der Waals surface area contributed by atoms with Gasteiger partial charge in [-0.2, -0.15) is 4.31 Å². The number of carbonyl (C=O) groups excluding carboxylic acids is 1. The lowest BCUT2D eigenvalue weighted by atomic mass is 10.2. The van der Waals surface area contributed by atoms with E-state index in [0.29, 0.717) is 18.0 Å². The van der Waals surface area contributed by atoms with Crippen LogP contribution >= 0.6 is 0 Å². The molecule has 1 aromatic rings. The van der Waals surface area contributed by atoms with Gasteiger partial charge in [0.1, 0.15) is 0 Å². The van der Waals surface area contributed by atoms with Crippen LogP contribution in [0.3, 0.4) is 0 Å². The van der Waals surface area contributed by atoms with Crippen molar-refractivity contribution < 1.29 is 13.2 Å². The Bertz CT molecular complexity index is 758. The molecule has 148 valence electrons. The predicted molar refractivity (Wildman–Crippen MR) is 107 cm³/mol. The molecule has 1 aromatic carbocycles. The molecule has 7 heteroatoms. The van der Waals surface area contributed by atoms with Gasteiger partial charge in [0.15, 0.2) is 0 Å². The highest BCUT2D eigenvalue weighted by Gasteiger charge is 2.24. The summed E-state index contributed by atoms with van der Waals surface area (Å²) in [6.07, 6.45) is 7.36. The number of hydrogen-bond acceptors (Lipinski definition) is 4. The third kappa shape index (κ3) is 5.18. The van der Waals surface area contributed by atoms with E-state index in [1.54, 1.807) is 40.7 Å². The topological polar surface area (TPSA) is 60.9 Å². The van der Waals surface area contributed by atoms with E-state index in [4.69, 9.17) is 0 Å². The van der Waals surface area contributed by atoms with Crippen molar-refractivity contribution in [1.82, 2.24) is 14.1 Å². The van der Waals surface area contributed by atoms with Crippen molar-refractivity contribution in [2.45, 2.75) is 30.6 Å². The molecular weight excluding hydrogens is 362 g/mol. The summed E-state index contributed by atoms with van der Waals surface area (Å²) < 4.78 is 27.2. The maximum absolute atomic E-state index is 12.8. The van der Waals surface area contributed by atoms with E-state index in [2.05, 4.69) is 11.9 Å². The third-order valence-electron chi connectivity index (χ3n) is 5.32. The summed E-state index contributed by atoms with van der Waals surface area (Å²) in [5.74, 6) is 0.00404. The van der Waals surface area contributed by atoms with Crippen molar-refractivity contribution in [2.24, 2.45) is 0 Å². The summed E-state index contributed by atoms with van der Waals surface area (Å²) in [4.78, 5) is 16.6. The number of benzene rings is 1. The fraction of sp³-hybridized carbons (Fsp3) is 0.550. The average molecular weight is 392 g/mol. The Labute approximate surface area is 162 Å². The van der Waals surface area contributed by atoms with E-state index in [9.17, 15) is 13.2 Å². The van der Waals surface area contributed by atoms with Gasteiger partial charge in [0.25, 0.3) is 0 Å². The van der Waals surface area contributed by atoms with Gasteiger partial charge in [-0.1, -0.05) is 25.0 Å². The van der Waals surface area contributed by atoms with Crippen LogP contribution in [-0.4, -0.2) is 74.7 Å². The van der Waals surface area contributed by atoms with Crippen LogP contribution in [0.5, 0.6) is 0 Å². The molecule has 0 aromatic heterocycles. The zero-order valence-corrected chi connectivity index (χ0v) is 16.8. The molecule has 0 radical (unpaired) electrons. The van der Waals surface area contributed by atoms with Crippen molar-refractivity contribution in [3.63, 3.8) is 0 Å². The molecule has 0 bridgehead atoms. The predicted octanol–water partition coefficient (Wildman–Crippen LogP) is 2.04. The lowest BCUT2D eigenvalue weighted by molar-refractivity contribution is -0.127. The molecule has 27 heavy (non-hydrogen) atoms. The first kappa shape index (κ1) is 20.0. The highest BCUT2D eigenvalue weighted by molar-refractivity contribution is 7.89. The second-order valence-electron chi connectivity index (χ2n) is 7.35. The van der Waals surface area contributed by atoms with Crippen molar-refractivity contribution in [2.75, 3.05) is 46.3 Å². The minimum atomic E-state index is -3.43. The van der Waals surface area contributed by atoms with Crippen LogP contribution in [0.4, 0.5) is 0 Å². The van der Waals surface area contributed by atoms with Gasteiger partial charge < -0.3 is 9.80 Å². The van der Waals surface area contributed by atoms with Gasteiger partial charge in [0, 0.05) is 45.3 Å². The number of piperazine rings is 1. The van der Waals surface area contributed by atoms with Crippen LogP contribution in [0, 0.1) is 0 Å². The summed E-state index contributed by atoms with van der Waals surface area (Å²) in [7, 11) is -1.37. The first-order chi connectivity index (χ1) is 13.0. The van der Waals surface area contributed by atoms with E-state index in [-0.39, 0.29) is 5.91 Å². The lowest BCUT2D eigenvalue weighted by Gasteiger charge is -2.31. The number of carbonyl (C=O) groups is 1. The zero-order chi connectivity index (χ0) is 19.3. The summed E-state index contributed by atoms with van der Waals surface area (Å²) in [6.45, 7) is 4.47. The standard InChI is InChI=1S/C20H29N3O3S/c1-21-14-16-22(17-15-21)20(24)11-8-18-6-9-19(10-7-18)27(25,26)23-12-4-2-3-5-13-23/h6-11H,2-5,12-17H2,1H3/b11-8+. The van der Waals surface area contributed by atoms with E-state index in [1.165, 1.54) is 0 Å². The first-order valence-corrected chi connectivity index (χ1v) is 11.2. The maximum atomic E-state index is 12.8. The quantitative estimate of drug-likeness (QED) is 0.737. The van der Waals surface area contributed by atoms with Crippen molar-refractivity contribution in [1.29, 1.82) is 0 Å². The summed E-state index contributed by atoms with van der Waals surface area (Å²) in [5.41, 5.74) is 0.826. The number of nitrogens with zero attached hydrogens (tertiary/aromatic N) is 3. The molecule has 2 saturated heterocycles. The fourth-order valence-corrected chi connectivity index (χ4v) is 5.00. The van der Waals surface area contributed by atoms with Gasteiger partial charge >= 0.3 is 0 Å². The Morgan fingerprint density at radius 1 is 0.889 bits per heavy atom. The number of hydrogen-bond donors (Lipinski definition) is 0. The molecule has 3 rings (SSSR count). The van der Waals surface area contributed by atoms with Crippen LogP contribution in [0.2, 0.25) is 0 Å². The van der Waals surface area contributed by atoms with Gasteiger partial charge in [0.2, 0.25) is 15.9 Å². The first-order valence-electron chi connectivity index (χ1n) is 9.72. The molecule has 2 heterocycles. The van der Waals surface area contributed by atoms with Crippen LogP contribution in [0.25, 0.3) is 6.08 Å². The average Bonchev–Trinajstić information content (AvgIpc) is 2.97.